The van der Waals surface area contributed by atoms with Crippen LogP contribution in [0.15, 0.2) is 29.2 Å². The Balaban J connectivity index is 1.88. The third-order valence-corrected chi connectivity index (χ3v) is 4.23. The molecule has 0 heterocycles. The van der Waals surface area contributed by atoms with Crippen LogP contribution in [0.4, 0.5) is 0 Å². The van der Waals surface area contributed by atoms with Crippen LogP contribution in [0.5, 0.6) is 0 Å². The molecule has 1 aromatic carbocycles. The van der Waals surface area contributed by atoms with E-state index in [4.69, 9.17) is 4.74 Å². The number of rotatable bonds is 4. The van der Waals surface area contributed by atoms with Crippen LogP contribution in [-0.4, -0.2) is 12.1 Å². The first-order chi connectivity index (χ1) is 9.19. The first kappa shape index (κ1) is 14.4. The summed E-state index contributed by atoms with van der Waals surface area (Å²) in [4.78, 5) is 12.9. The van der Waals surface area contributed by atoms with Gasteiger partial charge in [0.05, 0.1) is 6.42 Å². The van der Waals surface area contributed by atoms with Crippen LogP contribution in [0.2, 0.25) is 0 Å². The Morgan fingerprint density at radius 2 is 1.95 bits per heavy atom. The Morgan fingerprint density at radius 1 is 1.26 bits per heavy atom. The molecule has 1 saturated carbocycles. The highest BCUT2D eigenvalue weighted by molar-refractivity contribution is 7.80. The molecule has 0 radical (unpaired) electrons. The summed E-state index contributed by atoms with van der Waals surface area (Å²) in [6.45, 7) is 2.18. The van der Waals surface area contributed by atoms with Gasteiger partial charge in [-0.1, -0.05) is 25.5 Å². The average molecular weight is 278 g/mol. The fraction of sp³-hybridized carbons (Fsp3) is 0.562. The van der Waals surface area contributed by atoms with E-state index in [2.05, 4.69) is 19.6 Å². The van der Waals surface area contributed by atoms with Crippen molar-refractivity contribution in [2.24, 2.45) is 5.92 Å². The lowest BCUT2D eigenvalue weighted by Gasteiger charge is -2.30. The Morgan fingerprint density at radius 3 is 2.63 bits per heavy atom. The third-order valence-electron chi connectivity index (χ3n) is 3.93. The molecule has 2 unspecified atom stereocenters. The number of ether oxygens (including phenoxy) is 1. The van der Waals surface area contributed by atoms with E-state index in [0.717, 1.165) is 23.3 Å². The van der Waals surface area contributed by atoms with Crippen LogP contribution in [0.3, 0.4) is 0 Å². The van der Waals surface area contributed by atoms with Crippen molar-refractivity contribution in [2.75, 3.05) is 0 Å². The molecule has 0 bridgehead atoms. The monoisotopic (exact) mass is 278 g/mol. The van der Waals surface area contributed by atoms with Crippen LogP contribution in [-0.2, 0) is 16.0 Å². The molecule has 0 aromatic heterocycles. The lowest BCUT2D eigenvalue weighted by atomic mass is 9.85. The van der Waals surface area contributed by atoms with E-state index in [-0.39, 0.29) is 12.1 Å². The van der Waals surface area contributed by atoms with Crippen molar-refractivity contribution in [3.05, 3.63) is 29.8 Å². The van der Waals surface area contributed by atoms with E-state index < -0.39 is 0 Å². The van der Waals surface area contributed by atoms with Crippen LogP contribution in [0.1, 0.15) is 44.6 Å². The molecule has 1 aliphatic carbocycles. The molecule has 19 heavy (non-hydrogen) atoms. The molecule has 1 aliphatic rings. The third kappa shape index (κ3) is 4.27. The standard InChI is InChI=1S/C16H22O2S/c1-2-13-5-3-4-6-15(13)18-16(17)11-12-7-9-14(19)10-8-12/h7-10,13,15,19H,2-6,11H2,1H3. The molecular weight excluding hydrogens is 256 g/mol. The highest BCUT2D eigenvalue weighted by Crippen LogP contribution is 2.29. The summed E-state index contributed by atoms with van der Waals surface area (Å²) in [6.07, 6.45) is 6.28. The quantitative estimate of drug-likeness (QED) is 0.665. The van der Waals surface area contributed by atoms with Crippen LogP contribution >= 0.6 is 12.6 Å². The summed E-state index contributed by atoms with van der Waals surface area (Å²) in [5.41, 5.74) is 0.992. The van der Waals surface area contributed by atoms with Crippen molar-refractivity contribution in [2.45, 2.75) is 56.4 Å². The van der Waals surface area contributed by atoms with Gasteiger partial charge in [0, 0.05) is 4.90 Å². The summed E-state index contributed by atoms with van der Waals surface area (Å²) >= 11 is 4.24. The average Bonchev–Trinajstić information content (AvgIpc) is 2.42. The highest BCUT2D eigenvalue weighted by Gasteiger charge is 2.26. The molecule has 3 heteroatoms. The number of carbonyl (C=O) groups is 1. The zero-order chi connectivity index (χ0) is 13.7. The fourth-order valence-corrected chi connectivity index (χ4v) is 2.94. The van der Waals surface area contributed by atoms with E-state index in [1.54, 1.807) is 0 Å². The van der Waals surface area contributed by atoms with Crippen molar-refractivity contribution in [1.82, 2.24) is 0 Å². The predicted molar refractivity (Wildman–Crippen MR) is 79.5 cm³/mol. The maximum absolute atomic E-state index is 12.0. The van der Waals surface area contributed by atoms with Gasteiger partial charge in [-0.05, 0) is 49.3 Å². The van der Waals surface area contributed by atoms with E-state index in [9.17, 15) is 4.79 Å². The number of hydrogen-bond acceptors (Lipinski definition) is 3. The molecule has 2 rings (SSSR count). The van der Waals surface area contributed by atoms with Gasteiger partial charge in [0.25, 0.3) is 0 Å². The Hall–Kier alpha value is -0.960. The van der Waals surface area contributed by atoms with Gasteiger partial charge in [-0.2, -0.15) is 0 Å². The van der Waals surface area contributed by atoms with E-state index in [0.29, 0.717) is 12.3 Å². The predicted octanol–water partition coefficient (Wildman–Crippen LogP) is 4.03. The molecule has 1 fully saturated rings. The Bertz CT molecular complexity index is 413. The van der Waals surface area contributed by atoms with Gasteiger partial charge >= 0.3 is 5.97 Å². The molecule has 0 saturated heterocycles. The van der Waals surface area contributed by atoms with Crippen molar-refractivity contribution in [3.63, 3.8) is 0 Å². The van der Waals surface area contributed by atoms with E-state index >= 15 is 0 Å². The summed E-state index contributed by atoms with van der Waals surface area (Å²) in [5, 5.41) is 0. The number of hydrogen-bond donors (Lipinski definition) is 1. The summed E-state index contributed by atoms with van der Waals surface area (Å²) in [6, 6.07) is 7.67. The van der Waals surface area contributed by atoms with Gasteiger partial charge in [0.15, 0.2) is 0 Å². The molecule has 1 aromatic rings. The van der Waals surface area contributed by atoms with Gasteiger partial charge in [-0.15, -0.1) is 12.6 Å². The molecule has 0 N–H and O–H groups in total. The van der Waals surface area contributed by atoms with Gasteiger partial charge in [-0.25, -0.2) is 0 Å². The maximum Gasteiger partial charge on any atom is 0.310 e. The smallest absolute Gasteiger partial charge is 0.310 e. The second kappa shape index (κ2) is 6.99. The summed E-state index contributed by atoms with van der Waals surface area (Å²) in [5.74, 6) is 0.454. The topological polar surface area (TPSA) is 26.3 Å². The largest absolute Gasteiger partial charge is 0.462 e. The van der Waals surface area contributed by atoms with Crippen LogP contribution < -0.4 is 0 Å². The molecular formula is C16H22O2S. The highest BCUT2D eigenvalue weighted by atomic mass is 32.1. The van der Waals surface area contributed by atoms with Crippen molar-refractivity contribution >= 4 is 18.6 Å². The first-order valence-electron chi connectivity index (χ1n) is 7.16. The minimum Gasteiger partial charge on any atom is -0.462 e. The van der Waals surface area contributed by atoms with E-state index in [1.165, 1.54) is 19.3 Å². The van der Waals surface area contributed by atoms with Gasteiger partial charge in [0.1, 0.15) is 6.10 Å². The maximum atomic E-state index is 12.0. The molecule has 104 valence electrons. The number of carbonyl (C=O) groups excluding carboxylic acids is 1. The normalized spacial score (nSPS) is 23.1. The van der Waals surface area contributed by atoms with Crippen molar-refractivity contribution < 1.29 is 9.53 Å². The second-order valence-electron chi connectivity index (χ2n) is 5.32. The van der Waals surface area contributed by atoms with E-state index in [1.807, 2.05) is 24.3 Å². The summed E-state index contributed by atoms with van der Waals surface area (Å²) in [7, 11) is 0. The number of esters is 1. The number of thiol groups is 1. The molecule has 0 amide bonds. The Kier molecular flexibility index (Phi) is 5.32. The lowest BCUT2D eigenvalue weighted by molar-refractivity contribution is -0.152. The molecule has 0 spiro atoms. The number of benzene rings is 1. The van der Waals surface area contributed by atoms with Crippen LogP contribution in [0.25, 0.3) is 0 Å². The van der Waals surface area contributed by atoms with Crippen LogP contribution in [0, 0.1) is 5.92 Å². The van der Waals surface area contributed by atoms with Gasteiger partial charge < -0.3 is 4.74 Å². The SMILES string of the molecule is CCC1CCCCC1OC(=O)Cc1ccc(S)cc1. The van der Waals surface area contributed by atoms with Gasteiger partial charge in [-0.3, -0.25) is 4.79 Å². The molecule has 0 aliphatic heterocycles. The lowest BCUT2D eigenvalue weighted by Crippen LogP contribution is -2.30. The molecule has 2 nitrogen and oxygen atoms in total. The Labute approximate surface area is 121 Å². The zero-order valence-electron chi connectivity index (χ0n) is 11.5. The van der Waals surface area contributed by atoms with Crippen molar-refractivity contribution in [1.29, 1.82) is 0 Å². The molecule has 2 atom stereocenters. The minimum absolute atomic E-state index is 0.0998. The van der Waals surface area contributed by atoms with Gasteiger partial charge in [0.2, 0.25) is 0 Å². The second-order valence-corrected chi connectivity index (χ2v) is 5.84. The zero-order valence-corrected chi connectivity index (χ0v) is 12.4. The minimum atomic E-state index is -0.0998. The fourth-order valence-electron chi connectivity index (χ4n) is 2.79. The summed E-state index contributed by atoms with van der Waals surface area (Å²) < 4.78 is 5.67. The first-order valence-corrected chi connectivity index (χ1v) is 7.61. The van der Waals surface area contributed by atoms with Crippen molar-refractivity contribution in [3.8, 4) is 0 Å².